The van der Waals surface area contributed by atoms with Gasteiger partial charge in [-0.25, -0.2) is 0 Å². The Labute approximate surface area is 108 Å². The number of thiophene rings is 1. The molecule has 2 aromatic rings. The van der Waals surface area contributed by atoms with Gasteiger partial charge in [0.15, 0.2) is 0 Å². The maximum atomic E-state index is 3.63. The molecule has 1 aromatic heterocycles. The number of halogens is 1. The topological polar surface area (TPSA) is 12.0 Å². The third-order valence-corrected chi connectivity index (χ3v) is 5.41. The van der Waals surface area contributed by atoms with Gasteiger partial charge in [0.25, 0.3) is 0 Å². The molecule has 1 N–H and O–H groups in total. The van der Waals surface area contributed by atoms with Crippen LogP contribution < -0.4 is 5.32 Å². The zero-order valence-electron chi connectivity index (χ0n) is 9.22. The smallest absolute Gasteiger partial charge is 0.0491 e. The van der Waals surface area contributed by atoms with Crippen LogP contribution in [-0.2, 0) is 6.54 Å². The molecule has 1 aromatic carbocycles. The Morgan fingerprint density at radius 2 is 2.25 bits per heavy atom. The van der Waals surface area contributed by atoms with E-state index in [1.165, 1.54) is 37.8 Å². The first-order valence-electron chi connectivity index (χ1n) is 5.65. The van der Waals surface area contributed by atoms with Gasteiger partial charge in [-0.05, 0) is 52.7 Å². The number of benzene rings is 1. The maximum absolute atomic E-state index is 3.63. The first-order chi connectivity index (χ1) is 7.75. The van der Waals surface area contributed by atoms with E-state index < -0.39 is 0 Å². The SMILES string of the molecule is Cc1c(CNC2CC2)sc2c(Br)cccc12. The van der Waals surface area contributed by atoms with Crippen LogP contribution in [0, 0.1) is 6.92 Å². The molecule has 0 saturated heterocycles. The van der Waals surface area contributed by atoms with Crippen LogP contribution in [0.2, 0.25) is 0 Å². The zero-order chi connectivity index (χ0) is 11.1. The van der Waals surface area contributed by atoms with Crippen LogP contribution in [0.3, 0.4) is 0 Å². The molecule has 0 spiro atoms. The highest BCUT2D eigenvalue weighted by Gasteiger charge is 2.21. The van der Waals surface area contributed by atoms with Crippen molar-refractivity contribution >= 4 is 37.4 Å². The lowest BCUT2D eigenvalue weighted by Crippen LogP contribution is -2.14. The van der Waals surface area contributed by atoms with E-state index in [4.69, 9.17) is 0 Å². The molecule has 16 heavy (non-hydrogen) atoms. The fourth-order valence-corrected chi connectivity index (χ4v) is 3.72. The highest BCUT2D eigenvalue weighted by Crippen LogP contribution is 2.36. The molecule has 1 aliphatic carbocycles. The zero-order valence-corrected chi connectivity index (χ0v) is 11.6. The molecule has 0 amide bonds. The highest BCUT2D eigenvalue weighted by atomic mass is 79.9. The second kappa shape index (κ2) is 4.13. The molecular weight excluding hydrogens is 282 g/mol. The molecule has 1 fully saturated rings. The van der Waals surface area contributed by atoms with Gasteiger partial charge in [0.05, 0.1) is 0 Å². The van der Waals surface area contributed by atoms with Crippen molar-refractivity contribution in [2.75, 3.05) is 0 Å². The van der Waals surface area contributed by atoms with Crippen LogP contribution in [-0.4, -0.2) is 6.04 Å². The summed E-state index contributed by atoms with van der Waals surface area (Å²) >= 11 is 5.54. The minimum absolute atomic E-state index is 0.785. The van der Waals surface area contributed by atoms with E-state index in [0.29, 0.717) is 0 Å². The molecule has 0 bridgehead atoms. The van der Waals surface area contributed by atoms with Gasteiger partial charge in [-0.15, -0.1) is 11.3 Å². The van der Waals surface area contributed by atoms with Gasteiger partial charge >= 0.3 is 0 Å². The van der Waals surface area contributed by atoms with E-state index in [1.807, 2.05) is 11.3 Å². The number of fused-ring (bicyclic) bond motifs is 1. The lowest BCUT2D eigenvalue weighted by atomic mass is 10.1. The largest absolute Gasteiger partial charge is 0.309 e. The second-order valence-electron chi connectivity index (χ2n) is 4.42. The van der Waals surface area contributed by atoms with Crippen molar-refractivity contribution in [3.8, 4) is 0 Å². The number of nitrogens with one attached hydrogen (secondary N) is 1. The van der Waals surface area contributed by atoms with Crippen LogP contribution in [0.5, 0.6) is 0 Å². The first kappa shape index (κ1) is 10.8. The minimum Gasteiger partial charge on any atom is -0.309 e. The third kappa shape index (κ3) is 1.92. The number of aryl methyl sites for hydroxylation is 1. The first-order valence-corrected chi connectivity index (χ1v) is 7.26. The summed E-state index contributed by atoms with van der Waals surface area (Å²) in [5.74, 6) is 0. The quantitative estimate of drug-likeness (QED) is 0.894. The highest BCUT2D eigenvalue weighted by molar-refractivity contribution is 9.10. The van der Waals surface area contributed by atoms with E-state index in [9.17, 15) is 0 Å². The Morgan fingerprint density at radius 3 is 2.94 bits per heavy atom. The van der Waals surface area contributed by atoms with Crippen molar-refractivity contribution in [3.05, 3.63) is 33.1 Å². The molecule has 84 valence electrons. The Morgan fingerprint density at radius 1 is 1.44 bits per heavy atom. The average molecular weight is 296 g/mol. The molecule has 0 radical (unpaired) electrons. The molecular formula is C13H14BrNS. The summed E-state index contributed by atoms with van der Waals surface area (Å²) in [7, 11) is 0. The van der Waals surface area contributed by atoms with Crippen LogP contribution in [0.1, 0.15) is 23.3 Å². The third-order valence-electron chi connectivity index (χ3n) is 3.14. The molecule has 1 nitrogen and oxygen atoms in total. The van der Waals surface area contributed by atoms with Gasteiger partial charge in [0.1, 0.15) is 0 Å². The second-order valence-corrected chi connectivity index (χ2v) is 6.38. The van der Waals surface area contributed by atoms with E-state index in [1.54, 1.807) is 0 Å². The molecule has 0 aliphatic heterocycles. The van der Waals surface area contributed by atoms with Crippen molar-refractivity contribution in [3.63, 3.8) is 0 Å². The molecule has 1 aliphatic rings. The number of rotatable bonds is 3. The summed E-state index contributed by atoms with van der Waals surface area (Å²) < 4.78 is 2.60. The summed E-state index contributed by atoms with van der Waals surface area (Å²) in [5, 5.41) is 4.98. The van der Waals surface area contributed by atoms with Gasteiger partial charge in [0, 0.05) is 26.6 Å². The maximum Gasteiger partial charge on any atom is 0.0491 e. The van der Waals surface area contributed by atoms with Gasteiger partial charge in [-0.2, -0.15) is 0 Å². The summed E-state index contributed by atoms with van der Waals surface area (Å²) in [6.45, 7) is 3.26. The molecule has 3 rings (SSSR count). The standard InChI is InChI=1S/C13H14BrNS/c1-8-10-3-2-4-11(14)13(10)16-12(8)7-15-9-5-6-9/h2-4,9,15H,5-7H2,1H3. The Balaban J connectivity index is 1.97. The number of hydrogen-bond donors (Lipinski definition) is 1. The van der Waals surface area contributed by atoms with Crippen molar-refractivity contribution in [1.29, 1.82) is 0 Å². The van der Waals surface area contributed by atoms with Gasteiger partial charge in [-0.1, -0.05) is 12.1 Å². The van der Waals surface area contributed by atoms with Crippen molar-refractivity contribution in [2.24, 2.45) is 0 Å². The van der Waals surface area contributed by atoms with Crippen LogP contribution in [0.15, 0.2) is 22.7 Å². The fourth-order valence-electron chi connectivity index (χ4n) is 1.95. The van der Waals surface area contributed by atoms with E-state index >= 15 is 0 Å². The van der Waals surface area contributed by atoms with Gasteiger partial charge in [-0.3, -0.25) is 0 Å². The molecule has 1 saturated carbocycles. The fraction of sp³-hybridized carbons (Fsp3) is 0.385. The average Bonchev–Trinajstić information content (AvgIpc) is 3.04. The minimum atomic E-state index is 0.785. The molecule has 0 unspecified atom stereocenters. The van der Waals surface area contributed by atoms with Crippen LogP contribution in [0.4, 0.5) is 0 Å². The lowest BCUT2D eigenvalue weighted by molar-refractivity contribution is 0.693. The summed E-state index contributed by atoms with van der Waals surface area (Å²) in [5.41, 5.74) is 1.44. The van der Waals surface area contributed by atoms with E-state index in [-0.39, 0.29) is 0 Å². The van der Waals surface area contributed by atoms with Crippen molar-refractivity contribution in [1.82, 2.24) is 5.32 Å². The van der Waals surface area contributed by atoms with Crippen molar-refractivity contribution in [2.45, 2.75) is 32.4 Å². The van der Waals surface area contributed by atoms with E-state index in [0.717, 1.165) is 12.6 Å². The molecule has 3 heteroatoms. The predicted octanol–water partition coefficient (Wildman–Crippen LogP) is 4.22. The van der Waals surface area contributed by atoms with Crippen molar-refractivity contribution < 1.29 is 0 Å². The van der Waals surface area contributed by atoms with Gasteiger partial charge in [0.2, 0.25) is 0 Å². The summed E-state index contributed by atoms with van der Waals surface area (Å²) in [6, 6.07) is 7.24. The predicted molar refractivity (Wildman–Crippen MR) is 74.1 cm³/mol. The van der Waals surface area contributed by atoms with Crippen LogP contribution in [0.25, 0.3) is 10.1 Å². The monoisotopic (exact) mass is 295 g/mol. The van der Waals surface area contributed by atoms with Crippen LogP contribution >= 0.6 is 27.3 Å². The Hall–Kier alpha value is -0.380. The lowest BCUT2D eigenvalue weighted by Gasteiger charge is -2.00. The molecule has 0 atom stereocenters. The van der Waals surface area contributed by atoms with E-state index in [2.05, 4.69) is 46.4 Å². The number of hydrogen-bond acceptors (Lipinski definition) is 2. The molecule has 1 heterocycles. The normalized spacial score (nSPS) is 15.9. The Bertz CT molecular complexity index is 528. The summed E-state index contributed by atoms with van der Waals surface area (Å²) in [6.07, 6.45) is 2.71. The van der Waals surface area contributed by atoms with Gasteiger partial charge < -0.3 is 5.32 Å². The summed E-state index contributed by atoms with van der Waals surface area (Å²) in [4.78, 5) is 1.48. The Kier molecular flexibility index (Phi) is 2.78.